The van der Waals surface area contributed by atoms with Gasteiger partial charge in [-0.1, -0.05) is 51.9 Å². The highest BCUT2D eigenvalue weighted by Gasteiger charge is 2.24. The van der Waals surface area contributed by atoms with Crippen LogP contribution in [0.3, 0.4) is 0 Å². The number of unbranched alkanes of at least 4 members (excludes halogenated alkanes) is 7. The summed E-state index contributed by atoms with van der Waals surface area (Å²) < 4.78 is 0. The highest BCUT2D eigenvalue weighted by molar-refractivity contribution is 6.05. The predicted octanol–water partition coefficient (Wildman–Crippen LogP) is 4.46. The fraction of sp³-hybridized carbons (Fsp3) is 0.526. The van der Waals surface area contributed by atoms with Crippen LogP contribution in [-0.2, 0) is 6.42 Å². The van der Waals surface area contributed by atoms with Crippen LogP contribution in [-0.4, -0.2) is 33.2 Å². The lowest BCUT2D eigenvalue weighted by molar-refractivity contribution is 0.0647. The predicted molar refractivity (Wildman–Crippen MR) is 93.6 cm³/mol. The summed E-state index contributed by atoms with van der Waals surface area (Å²) >= 11 is 0. The molecule has 0 unspecified atom stereocenters. The van der Waals surface area contributed by atoms with Gasteiger partial charge in [-0.25, -0.2) is 14.4 Å². The standard InChI is InChI=1S/C19H26O6/c1-2-3-4-5-6-7-8-9-10-13-14(17(20)21)11-12-15(18(22)23)16(13)19(24)25/h11-12H,2-10H2,1H3,(H,20,21)(H,22,23)(H,24,25). The lowest BCUT2D eigenvalue weighted by Crippen LogP contribution is -2.16. The van der Waals surface area contributed by atoms with Gasteiger partial charge in [0, 0.05) is 0 Å². The Balaban J connectivity index is 2.82. The van der Waals surface area contributed by atoms with Crippen molar-refractivity contribution in [1.82, 2.24) is 0 Å². The van der Waals surface area contributed by atoms with Crippen molar-refractivity contribution in [2.45, 2.75) is 64.7 Å². The Morgan fingerprint density at radius 3 is 1.68 bits per heavy atom. The van der Waals surface area contributed by atoms with E-state index in [4.69, 9.17) is 0 Å². The number of benzene rings is 1. The summed E-state index contributed by atoms with van der Waals surface area (Å²) in [4.78, 5) is 34.1. The third-order valence-corrected chi connectivity index (χ3v) is 4.27. The fourth-order valence-corrected chi connectivity index (χ4v) is 2.97. The molecule has 0 aliphatic rings. The van der Waals surface area contributed by atoms with Gasteiger partial charge >= 0.3 is 17.9 Å². The molecule has 0 fully saturated rings. The van der Waals surface area contributed by atoms with Crippen molar-refractivity contribution in [3.63, 3.8) is 0 Å². The average molecular weight is 350 g/mol. The molecule has 0 aliphatic carbocycles. The number of aromatic carboxylic acids is 3. The van der Waals surface area contributed by atoms with E-state index in [2.05, 4.69) is 6.92 Å². The molecule has 0 amide bonds. The smallest absolute Gasteiger partial charge is 0.336 e. The van der Waals surface area contributed by atoms with Crippen molar-refractivity contribution >= 4 is 17.9 Å². The molecule has 6 nitrogen and oxygen atoms in total. The maximum atomic E-state index is 11.5. The van der Waals surface area contributed by atoms with Crippen LogP contribution in [0.25, 0.3) is 0 Å². The third kappa shape index (κ3) is 6.21. The normalized spacial score (nSPS) is 10.6. The lowest BCUT2D eigenvalue weighted by atomic mass is 9.91. The van der Waals surface area contributed by atoms with Crippen LogP contribution >= 0.6 is 0 Å². The summed E-state index contributed by atoms with van der Waals surface area (Å²) in [5.74, 6) is -4.02. The number of carboxylic acids is 3. The Kier molecular flexibility index (Phi) is 8.67. The molecular weight excluding hydrogens is 324 g/mol. The highest BCUT2D eigenvalue weighted by Crippen LogP contribution is 2.23. The molecule has 0 radical (unpaired) electrons. The topological polar surface area (TPSA) is 112 Å². The number of rotatable bonds is 12. The fourth-order valence-electron chi connectivity index (χ4n) is 2.97. The monoisotopic (exact) mass is 350 g/mol. The first kappa shape index (κ1) is 20.7. The molecule has 6 heteroatoms. The molecule has 0 aliphatic heterocycles. The minimum atomic E-state index is -1.41. The van der Waals surface area contributed by atoms with Crippen LogP contribution in [0.2, 0.25) is 0 Å². The van der Waals surface area contributed by atoms with Gasteiger partial charge in [0.25, 0.3) is 0 Å². The minimum Gasteiger partial charge on any atom is -0.478 e. The SMILES string of the molecule is CCCCCCCCCCc1c(C(=O)O)ccc(C(=O)O)c1C(=O)O. The van der Waals surface area contributed by atoms with Crippen LogP contribution in [0.1, 0.15) is 94.9 Å². The van der Waals surface area contributed by atoms with Crippen LogP contribution in [0, 0.1) is 0 Å². The quantitative estimate of drug-likeness (QED) is 0.480. The molecule has 1 aromatic rings. The van der Waals surface area contributed by atoms with Gasteiger partial charge in [0.05, 0.1) is 16.7 Å². The first-order valence-corrected chi connectivity index (χ1v) is 8.75. The molecule has 0 heterocycles. The number of hydrogen-bond donors (Lipinski definition) is 3. The summed E-state index contributed by atoms with van der Waals surface area (Å²) in [6, 6.07) is 2.23. The summed E-state index contributed by atoms with van der Waals surface area (Å²) in [5, 5.41) is 27.8. The van der Waals surface area contributed by atoms with Crippen molar-refractivity contribution in [1.29, 1.82) is 0 Å². The first-order chi connectivity index (χ1) is 11.9. The molecular formula is C19H26O6. The maximum absolute atomic E-state index is 11.5. The Hall–Kier alpha value is -2.37. The first-order valence-electron chi connectivity index (χ1n) is 8.75. The van der Waals surface area contributed by atoms with E-state index in [0.29, 0.717) is 6.42 Å². The van der Waals surface area contributed by atoms with Gasteiger partial charge in [-0.3, -0.25) is 0 Å². The molecule has 0 aromatic heterocycles. The van der Waals surface area contributed by atoms with Gasteiger partial charge in [0.2, 0.25) is 0 Å². The van der Waals surface area contributed by atoms with Gasteiger partial charge in [0.1, 0.15) is 0 Å². The summed E-state index contributed by atoms with van der Waals surface area (Å²) in [7, 11) is 0. The molecule has 1 rings (SSSR count). The Labute approximate surface area is 147 Å². The molecule has 0 spiro atoms. The van der Waals surface area contributed by atoms with Crippen LogP contribution in [0.15, 0.2) is 12.1 Å². The Morgan fingerprint density at radius 1 is 0.720 bits per heavy atom. The van der Waals surface area contributed by atoms with Crippen LogP contribution in [0.5, 0.6) is 0 Å². The molecule has 0 bridgehead atoms. The van der Waals surface area contributed by atoms with Crippen molar-refractivity contribution in [2.24, 2.45) is 0 Å². The molecule has 0 atom stereocenters. The molecule has 138 valence electrons. The van der Waals surface area contributed by atoms with Crippen LogP contribution in [0.4, 0.5) is 0 Å². The van der Waals surface area contributed by atoms with Gasteiger partial charge in [0.15, 0.2) is 0 Å². The van der Waals surface area contributed by atoms with E-state index < -0.39 is 23.5 Å². The van der Waals surface area contributed by atoms with E-state index in [-0.39, 0.29) is 23.1 Å². The van der Waals surface area contributed by atoms with Gasteiger partial charge < -0.3 is 15.3 Å². The maximum Gasteiger partial charge on any atom is 0.336 e. The summed E-state index contributed by atoms with van der Waals surface area (Å²) in [5.41, 5.74) is -0.807. The summed E-state index contributed by atoms with van der Waals surface area (Å²) in [6.07, 6.45) is 8.66. The van der Waals surface area contributed by atoms with Gasteiger partial charge in [-0.2, -0.15) is 0 Å². The van der Waals surface area contributed by atoms with E-state index in [1.165, 1.54) is 31.7 Å². The average Bonchev–Trinajstić information content (AvgIpc) is 2.55. The van der Waals surface area contributed by atoms with E-state index in [1.54, 1.807) is 0 Å². The summed E-state index contributed by atoms with van der Waals surface area (Å²) in [6.45, 7) is 2.16. The number of hydrogen-bond acceptors (Lipinski definition) is 3. The molecule has 1 aromatic carbocycles. The van der Waals surface area contributed by atoms with E-state index in [1.807, 2.05) is 0 Å². The molecule has 3 N–H and O–H groups in total. The Bertz CT molecular complexity index is 621. The largest absolute Gasteiger partial charge is 0.478 e. The zero-order valence-electron chi connectivity index (χ0n) is 14.6. The van der Waals surface area contributed by atoms with E-state index in [9.17, 15) is 29.7 Å². The lowest BCUT2D eigenvalue weighted by Gasteiger charge is -2.12. The zero-order chi connectivity index (χ0) is 18.8. The highest BCUT2D eigenvalue weighted by atomic mass is 16.4. The van der Waals surface area contributed by atoms with Crippen molar-refractivity contribution < 1.29 is 29.7 Å². The second-order valence-electron chi connectivity index (χ2n) is 6.15. The Morgan fingerprint density at radius 2 is 1.20 bits per heavy atom. The second-order valence-corrected chi connectivity index (χ2v) is 6.15. The minimum absolute atomic E-state index is 0.103. The zero-order valence-corrected chi connectivity index (χ0v) is 14.6. The molecule has 0 saturated heterocycles. The second kappa shape index (κ2) is 10.5. The van der Waals surface area contributed by atoms with Crippen molar-refractivity contribution in [3.8, 4) is 0 Å². The van der Waals surface area contributed by atoms with Gasteiger partial charge in [-0.05, 0) is 30.5 Å². The van der Waals surface area contributed by atoms with Crippen molar-refractivity contribution in [2.75, 3.05) is 0 Å². The third-order valence-electron chi connectivity index (χ3n) is 4.27. The van der Waals surface area contributed by atoms with Crippen LogP contribution < -0.4 is 0 Å². The van der Waals surface area contributed by atoms with Gasteiger partial charge in [-0.15, -0.1) is 0 Å². The number of carboxylic acid groups (broad SMARTS) is 3. The molecule has 25 heavy (non-hydrogen) atoms. The number of carbonyl (C=O) groups is 3. The van der Waals surface area contributed by atoms with E-state index in [0.717, 1.165) is 25.3 Å². The van der Waals surface area contributed by atoms with E-state index >= 15 is 0 Å². The molecule has 0 saturated carbocycles. The van der Waals surface area contributed by atoms with Crippen molar-refractivity contribution in [3.05, 3.63) is 34.4 Å².